The number of aliphatic hydroxyl groups excluding tert-OH is 1. The third-order valence-corrected chi connectivity index (χ3v) is 4.42. The smallest absolute Gasteiger partial charge is 0.317 e. The van der Waals surface area contributed by atoms with E-state index in [1.165, 1.54) is 10.9 Å². The Balaban J connectivity index is 2.04. The number of H-pyrrole nitrogens is 1. The molecule has 0 amide bonds. The average Bonchev–Trinajstić information content (AvgIpc) is 3.14. The van der Waals surface area contributed by atoms with Gasteiger partial charge in [0.2, 0.25) is 5.95 Å². The molecule has 0 aromatic carbocycles. The zero-order valence-corrected chi connectivity index (χ0v) is 14.9. The Bertz CT molecular complexity index is 855. The van der Waals surface area contributed by atoms with Crippen molar-refractivity contribution in [2.24, 2.45) is 0 Å². The second-order valence-corrected chi connectivity index (χ2v) is 6.47. The quantitative estimate of drug-likeness (QED) is 0.437. The van der Waals surface area contributed by atoms with Crippen LogP contribution in [-0.2, 0) is 18.6 Å². The van der Waals surface area contributed by atoms with Crippen LogP contribution in [-0.4, -0.2) is 61.0 Å². The highest BCUT2D eigenvalue weighted by molar-refractivity contribution is 7.32. The maximum Gasteiger partial charge on any atom is 0.317 e. The molecule has 144 valence electrons. The minimum atomic E-state index is -3.30. The van der Waals surface area contributed by atoms with Gasteiger partial charge in [-0.25, -0.2) is 4.98 Å². The molecule has 26 heavy (non-hydrogen) atoms. The fraction of sp³-hybridized carbons (Fsp3) is 0.615. The molecule has 5 N–H and O–H groups in total. The Hall–Kier alpha value is -1.82. The fourth-order valence-corrected chi connectivity index (χ4v) is 3.42. The monoisotopic (exact) mass is 389 g/mol. The van der Waals surface area contributed by atoms with Gasteiger partial charge >= 0.3 is 8.25 Å². The number of fused-ring (bicyclic) bond motifs is 1. The highest BCUT2D eigenvalue weighted by Gasteiger charge is 2.48. The van der Waals surface area contributed by atoms with E-state index in [4.69, 9.17) is 24.6 Å². The molecule has 3 heterocycles. The Morgan fingerprint density at radius 2 is 2.27 bits per heavy atom. The molecule has 0 saturated carbocycles. The summed E-state index contributed by atoms with van der Waals surface area (Å²) in [5.41, 5.74) is 5.30. The molecule has 13 heteroatoms. The van der Waals surface area contributed by atoms with Gasteiger partial charge in [0.15, 0.2) is 17.4 Å². The molecule has 12 nitrogen and oxygen atoms in total. The summed E-state index contributed by atoms with van der Waals surface area (Å²) in [6.45, 7) is 1.77. The lowest BCUT2D eigenvalue weighted by atomic mass is 10.1. The molecule has 1 aliphatic rings. The van der Waals surface area contributed by atoms with Crippen LogP contribution in [0.25, 0.3) is 11.2 Å². The van der Waals surface area contributed by atoms with Crippen LogP contribution in [0.3, 0.4) is 0 Å². The number of hydrogen-bond donors (Lipinski definition) is 4. The molecule has 1 aliphatic heterocycles. The summed E-state index contributed by atoms with van der Waals surface area (Å²) in [6, 6.07) is 0. The van der Waals surface area contributed by atoms with Crippen LogP contribution in [0.1, 0.15) is 19.6 Å². The highest BCUT2D eigenvalue weighted by Crippen LogP contribution is 2.38. The maximum absolute atomic E-state index is 12.0. The first-order valence-corrected chi connectivity index (χ1v) is 9.22. The lowest BCUT2D eigenvalue weighted by Crippen LogP contribution is -2.36. The van der Waals surface area contributed by atoms with E-state index in [2.05, 4.69) is 15.0 Å². The van der Waals surface area contributed by atoms with Crippen molar-refractivity contribution in [1.82, 2.24) is 19.5 Å². The van der Waals surface area contributed by atoms with Crippen molar-refractivity contribution in [1.29, 1.82) is 0 Å². The number of nitrogens with zero attached hydrogens (tertiary/aromatic N) is 3. The zero-order valence-electron chi connectivity index (χ0n) is 13.9. The highest BCUT2D eigenvalue weighted by atomic mass is 31.1. The van der Waals surface area contributed by atoms with Crippen molar-refractivity contribution in [3.05, 3.63) is 16.7 Å². The molecular weight excluding hydrogens is 369 g/mol. The number of nitrogen functional groups attached to an aromatic ring is 1. The van der Waals surface area contributed by atoms with Gasteiger partial charge in [-0.2, -0.15) is 4.98 Å². The summed E-state index contributed by atoms with van der Waals surface area (Å²) in [4.78, 5) is 31.6. The van der Waals surface area contributed by atoms with Crippen molar-refractivity contribution >= 4 is 25.4 Å². The van der Waals surface area contributed by atoms with Crippen LogP contribution >= 0.6 is 8.25 Å². The van der Waals surface area contributed by atoms with Gasteiger partial charge in [0.05, 0.1) is 12.9 Å². The maximum atomic E-state index is 12.0. The van der Waals surface area contributed by atoms with Gasteiger partial charge in [-0.05, 0) is 6.42 Å². The third-order valence-electron chi connectivity index (χ3n) is 3.94. The molecule has 3 unspecified atom stereocenters. The van der Waals surface area contributed by atoms with E-state index >= 15 is 0 Å². The first-order valence-electron chi connectivity index (χ1n) is 7.96. The van der Waals surface area contributed by atoms with E-state index in [0.29, 0.717) is 13.0 Å². The van der Waals surface area contributed by atoms with Crippen molar-refractivity contribution in [2.45, 2.75) is 37.9 Å². The number of imidazole rings is 1. The van der Waals surface area contributed by atoms with E-state index in [0.717, 1.165) is 0 Å². The predicted octanol–water partition coefficient (Wildman–Crippen LogP) is -0.846. The Morgan fingerprint density at radius 3 is 2.92 bits per heavy atom. The summed E-state index contributed by atoms with van der Waals surface area (Å²) in [5.74, 6) is -0.0970. The molecular formula is C13H20N5O7P. The molecule has 1 saturated heterocycles. The summed E-state index contributed by atoms with van der Waals surface area (Å²) in [6.07, 6.45) is -1.58. The van der Waals surface area contributed by atoms with Gasteiger partial charge in [-0.1, -0.05) is 6.92 Å². The number of nitrogens with one attached hydrogen (secondary N) is 1. The number of aromatic nitrogens is 4. The van der Waals surface area contributed by atoms with Crippen molar-refractivity contribution in [2.75, 3.05) is 18.9 Å². The lowest BCUT2D eigenvalue weighted by Gasteiger charge is -2.23. The SMILES string of the molecule is CCCOC1C(O[PH](=O)O)[C@@H](CO)O[C@H]1n1cnc2c(=O)[nH]c(N)nc21. The average molecular weight is 389 g/mol. The molecule has 0 spiro atoms. The minimum Gasteiger partial charge on any atom is -0.394 e. The summed E-state index contributed by atoms with van der Waals surface area (Å²) in [5, 5.41) is 9.56. The Morgan fingerprint density at radius 1 is 1.50 bits per heavy atom. The van der Waals surface area contributed by atoms with Gasteiger partial charge < -0.3 is 29.7 Å². The second-order valence-electron chi connectivity index (χ2n) is 5.71. The number of rotatable bonds is 7. The molecule has 2 aromatic heterocycles. The van der Waals surface area contributed by atoms with Crippen LogP contribution in [0.5, 0.6) is 0 Å². The second kappa shape index (κ2) is 7.82. The first kappa shape index (κ1) is 19.0. The van der Waals surface area contributed by atoms with Crippen LogP contribution in [0.2, 0.25) is 0 Å². The minimum absolute atomic E-state index is 0.0534. The summed E-state index contributed by atoms with van der Waals surface area (Å²) in [7, 11) is -3.30. The van der Waals surface area contributed by atoms with Gasteiger partial charge in [0.25, 0.3) is 5.56 Å². The van der Waals surface area contributed by atoms with Gasteiger partial charge in [0, 0.05) is 6.61 Å². The fourth-order valence-electron chi connectivity index (χ4n) is 2.90. The number of aromatic amines is 1. The lowest BCUT2D eigenvalue weighted by molar-refractivity contribution is -0.0698. The first-order chi connectivity index (χ1) is 12.5. The normalized spacial score (nSPS) is 27.2. The standard InChI is InChI=1S/C13H20N5O7P/c1-2-3-23-9-8(25-26(21)22)6(4-19)24-12(9)18-5-15-7-10(18)16-13(14)17-11(7)20/h5-6,8-9,12,19,26H,2-4H2,1H3,(H,21,22)(H3,14,16,17,20)/t6-,8?,9?,12-/m1/s1. The molecule has 0 radical (unpaired) electrons. The molecule has 0 aliphatic carbocycles. The molecule has 1 fully saturated rings. The third kappa shape index (κ3) is 3.52. The molecule has 2 aromatic rings. The summed E-state index contributed by atoms with van der Waals surface area (Å²) < 4.78 is 29.2. The predicted molar refractivity (Wildman–Crippen MR) is 89.7 cm³/mol. The van der Waals surface area contributed by atoms with Crippen molar-refractivity contribution in [3.63, 3.8) is 0 Å². The van der Waals surface area contributed by atoms with Crippen LogP contribution in [0, 0.1) is 0 Å². The van der Waals surface area contributed by atoms with E-state index in [1.807, 2.05) is 6.92 Å². The molecule has 5 atom stereocenters. The van der Waals surface area contributed by atoms with Gasteiger partial charge in [0.1, 0.15) is 18.3 Å². The van der Waals surface area contributed by atoms with Crippen LogP contribution < -0.4 is 11.3 Å². The molecule has 0 bridgehead atoms. The number of ether oxygens (including phenoxy) is 2. The van der Waals surface area contributed by atoms with Crippen molar-refractivity contribution < 1.29 is 28.6 Å². The van der Waals surface area contributed by atoms with Crippen molar-refractivity contribution in [3.8, 4) is 0 Å². The van der Waals surface area contributed by atoms with E-state index < -0.39 is 45.0 Å². The van der Waals surface area contributed by atoms with E-state index in [9.17, 15) is 14.5 Å². The topological polar surface area (TPSA) is 175 Å². The largest absolute Gasteiger partial charge is 0.394 e. The van der Waals surface area contributed by atoms with E-state index in [-0.39, 0.29) is 17.1 Å². The number of aliphatic hydroxyl groups is 1. The van der Waals surface area contributed by atoms with E-state index in [1.54, 1.807) is 0 Å². The molecule has 3 rings (SSSR count). The Kier molecular flexibility index (Phi) is 5.70. The van der Waals surface area contributed by atoms with Gasteiger partial charge in [-0.3, -0.25) is 18.9 Å². The van der Waals surface area contributed by atoms with Gasteiger partial charge in [-0.15, -0.1) is 0 Å². The number of hydrogen-bond acceptors (Lipinski definition) is 9. The van der Waals surface area contributed by atoms with Crippen LogP contribution in [0.15, 0.2) is 11.1 Å². The zero-order chi connectivity index (χ0) is 18.8. The number of nitrogens with two attached hydrogens (primary N) is 1. The Labute approximate surface area is 147 Å². The van der Waals surface area contributed by atoms with Crippen LogP contribution in [0.4, 0.5) is 5.95 Å². The summed E-state index contributed by atoms with van der Waals surface area (Å²) >= 11 is 0. The number of anilines is 1.